The van der Waals surface area contributed by atoms with Gasteiger partial charge in [0.15, 0.2) is 0 Å². The van der Waals surface area contributed by atoms with Gasteiger partial charge in [0.1, 0.15) is 11.7 Å². The zero-order chi connectivity index (χ0) is 9.97. The number of rotatable bonds is 3. The molecule has 0 fully saturated rings. The summed E-state index contributed by atoms with van der Waals surface area (Å²) >= 11 is 1.13. The van der Waals surface area contributed by atoms with E-state index in [1.54, 1.807) is 19.4 Å². The molecule has 2 aromatic rings. The first-order chi connectivity index (χ1) is 6.81. The van der Waals surface area contributed by atoms with Crippen molar-refractivity contribution >= 4 is 11.7 Å². The lowest BCUT2D eigenvalue weighted by Gasteiger charge is -2.08. The van der Waals surface area contributed by atoms with Gasteiger partial charge in [-0.3, -0.25) is 5.84 Å². The van der Waals surface area contributed by atoms with Crippen molar-refractivity contribution in [2.75, 3.05) is 0 Å². The number of hydrazine groups is 1. The van der Waals surface area contributed by atoms with E-state index in [2.05, 4.69) is 24.4 Å². The Balaban J connectivity index is 2.31. The van der Waals surface area contributed by atoms with Gasteiger partial charge in [0, 0.05) is 7.05 Å². The van der Waals surface area contributed by atoms with Crippen molar-refractivity contribution in [2.24, 2.45) is 12.9 Å². The van der Waals surface area contributed by atoms with Gasteiger partial charge in [-0.15, -0.1) is 0 Å². The third-order valence-electron chi connectivity index (χ3n) is 1.75. The first-order valence-corrected chi connectivity index (χ1v) is 4.64. The minimum atomic E-state index is -0.248. The highest BCUT2D eigenvalue weighted by Crippen LogP contribution is 2.16. The van der Waals surface area contributed by atoms with Crippen LogP contribution in [0, 0.1) is 0 Å². The van der Waals surface area contributed by atoms with Crippen LogP contribution in [0.25, 0.3) is 0 Å². The molecule has 8 heteroatoms. The summed E-state index contributed by atoms with van der Waals surface area (Å²) in [5, 5.41) is 8.10. The summed E-state index contributed by atoms with van der Waals surface area (Å²) in [6.45, 7) is 0. The number of nitrogens with one attached hydrogen (secondary N) is 1. The minimum Gasteiger partial charge on any atom is -0.270 e. The number of hydrogen-bond donors (Lipinski definition) is 2. The van der Waals surface area contributed by atoms with Crippen LogP contribution in [0.2, 0.25) is 0 Å². The smallest absolute Gasteiger partial charge is 0.111 e. The molecule has 1 unspecified atom stereocenters. The van der Waals surface area contributed by atoms with E-state index in [-0.39, 0.29) is 6.04 Å². The molecule has 0 saturated heterocycles. The topological polar surface area (TPSA) is 94.5 Å². The predicted octanol–water partition coefficient (Wildman–Crippen LogP) is -0.781. The van der Waals surface area contributed by atoms with Crippen LogP contribution in [-0.4, -0.2) is 23.7 Å². The van der Waals surface area contributed by atoms with Crippen LogP contribution in [0.5, 0.6) is 0 Å². The van der Waals surface area contributed by atoms with Crippen molar-refractivity contribution in [3.8, 4) is 0 Å². The van der Waals surface area contributed by atoms with Crippen molar-refractivity contribution in [1.82, 2.24) is 29.2 Å². The third kappa shape index (κ3) is 1.62. The monoisotopic (exact) mass is 211 g/mol. The maximum atomic E-state index is 5.42. The van der Waals surface area contributed by atoms with Crippen LogP contribution in [0.4, 0.5) is 0 Å². The molecule has 2 rings (SSSR count). The van der Waals surface area contributed by atoms with Crippen molar-refractivity contribution in [2.45, 2.75) is 6.04 Å². The lowest BCUT2D eigenvalue weighted by molar-refractivity contribution is 0.583. The van der Waals surface area contributed by atoms with Gasteiger partial charge in [-0.25, -0.2) is 5.43 Å². The molecular formula is C6H9N7S. The zero-order valence-electron chi connectivity index (χ0n) is 7.45. The molecule has 0 bridgehead atoms. The van der Waals surface area contributed by atoms with Crippen LogP contribution in [0.3, 0.4) is 0 Å². The van der Waals surface area contributed by atoms with E-state index in [4.69, 9.17) is 5.84 Å². The molecule has 7 nitrogen and oxygen atoms in total. The molecule has 0 radical (unpaired) electrons. The predicted molar refractivity (Wildman–Crippen MR) is 50.1 cm³/mol. The van der Waals surface area contributed by atoms with E-state index in [9.17, 15) is 0 Å². The van der Waals surface area contributed by atoms with Gasteiger partial charge >= 0.3 is 0 Å². The molecule has 0 aliphatic carbocycles. The van der Waals surface area contributed by atoms with E-state index in [0.29, 0.717) is 0 Å². The summed E-state index contributed by atoms with van der Waals surface area (Å²) in [5.41, 5.74) is 4.10. The number of nitrogens with zero attached hydrogens (tertiary/aromatic N) is 5. The first kappa shape index (κ1) is 9.19. The SMILES string of the molecule is Cn1ncc(C(NN)c2cnsn2)n1. The van der Waals surface area contributed by atoms with E-state index in [1.807, 2.05) is 0 Å². The Morgan fingerprint density at radius 3 is 2.86 bits per heavy atom. The Labute approximate surface area is 84.2 Å². The number of nitrogens with two attached hydrogens (primary N) is 1. The summed E-state index contributed by atoms with van der Waals surface area (Å²) < 4.78 is 7.99. The second kappa shape index (κ2) is 3.78. The molecular weight excluding hydrogens is 202 g/mol. The maximum Gasteiger partial charge on any atom is 0.111 e. The Morgan fingerprint density at radius 1 is 1.50 bits per heavy atom. The largest absolute Gasteiger partial charge is 0.270 e. The van der Waals surface area contributed by atoms with E-state index in [1.165, 1.54) is 4.80 Å². The molecule has 0 aliphatic heterocycles. The van der Waals surface area contributed by atoms with Crippen LogP contribution in [0.1, 0.15) is 17.4 Å². The number of hydrogen-bond acceptors (Lipinski definition) is 7. The van der Waals surface area contributed by atoms with Gasteiger partial charge in [-0.05, 0) is 0 Å². The summed E-state index contributed by atoms with van der Waals surface area (Å²) in [5.74, 6) is 5.42. The normalized spacial score (nSPS) is 13.0. The summed E-state index contributed by atoms with van der Waals surface area (Å²) in [4.78, 5) is 1.47. The number of aromatic nitrogens is 5. The Morgan fingerprint density at radius 2 is 2.36 bits per heavy atom. The molecule has 0 saturated carbocycles. The van der Waals surface area contributed by atoms with Gasteiger partial charge < -0.3 is 0 Å². The molecule has 0 aliphatic rings. The summed E-state index contributed by atoms with van der Waals surface area (Å²) in [6, 6.07) is -0.248. The molecule has 0 spiro atoms. The third-order valence-corrected chi connectivity index (χ3v) is 2.25. The molecule has 1 atom stereocenters. The Bertz CT molecular complexity index is 394. The van der Waals surface area contributed by atoms with E-state index >= 15 is 0 Å². The molecule has 2 heterocycles. The molecule has 74 valence electrons. The van der Waals surface area contributed by atoms with Crippen molar-refractivity contribution < 1.29 is 0 Å². The lowest BCUT2D eigenvalue weighted by atomic mass is 10.2. The average Bonchev–Trinajstić information content (AvgIpc) is 2.79. The molecule has 3 N–H and O–H groups in total. The summed E-state index contributed by atoms with van der Waals surface area (Å²) in [6.07, 6.45) is 3.30. The van der Waals surface area contributed by atoms with Gasteiger partial charge in [0.05, 0.1) is 29.8 Å². The average molecular weight is 211 g/mol. The Hall–Kier alpha value is -1.38. The minimum absolute atomic E-state index is 0.248. The van der Waals surface area contributed by atoms with Crippen molar-refractivity contribution in [1.29, 1.82) is 0 Å². The van der Waals surface area contributed by atoms with Crippen LogP contribution >= 0.6 is 11.7 Å². The molecule has 0 amide bonds. The fraction of sp³-hybridized carbons (Fsp3) is 0.333. The second-order valence-corrected chi connectivity index (χ2v) is 3.25. The van der Waals surface area contributed by atoms with E-state index < -0.39 is 0 Å². The fourth-order valence-corrected chi connectivity index (χ4v) is 1.56. The Kier molecular flexibility index (Phi) is 2.48. The highest BCUT2D eigenvalue weighted by atomic mass is 32.1. The number of aryl methyl sites for hydroxylation is 1. The van der Waals surface area contributed by atoms with Gasteiger partial charge in [-0.2, -0.15) is 23.7 Å². The second-order valence-electron chi connectivity index (χ2n) is 2.69. The molecule has 2 aromatic heterocycles. The van der Waals surface area contributed by atoms with Gasteiger partial charge in [0.2, 0.25) is 0 Å². The maximum absolute atomic E-state index is 5.42. The van der Waals surface area contributed by atoms with Crippen LogP contribution in [-0.2, 0) is 7.05 Å². The zero-order valence-corrected chi connectivity index (χ0v) is 8.27. The van der Waals surface area contributed by atoms with E-state index in [0.717, 1.165) is 23.1 Å². The van der Waals surface area contributed by atoms with Crippen LogP contribution < -0.4 is 11.3 Å². The van der Waals surface area contributed by atoms with Gasteiger partial charge in [-0.1, -0.05) is 0 Å². The highest BCUT2D eigenvalue weighted by molar-refractivity contribution is 6.99. The molecule has 0 aromatic carbocycles. The van der Waals surface area contributed by atoms with Crippen molar-refractivity contribution in [3.63, 3.8) is 0 Å². The first-order valence-electron chi connectivity index (χ1n) is 3.91. The van der Waals surface area contributed by atoms with Crippen LogP contribution in [0.15, 0.2) is 12.4 Å². The van der Waals surface area contributed by atoms with Gasteiger partial charge in [0.25, 0.3) is 0 Å². The standard InChI is InChI=1S/C6H9N7S/c1-13-8-2-4(11-13)6(10-7)5-3-9-14-12-5/h2-3,6,10H,7H2,1H3. The quantitative estimate of drug-likeness (QED) is 0.511. The highest BCUT2D eigenvalue weighted by Gasteiger charge is 2.17. The molecule has 14 heavy (non-hydrogen) atoms. The lowest BCUT2D eigenvalue weighted by Crippen LogP contribution is -2.29. The summed E-state index contributed by atoms with van der Waals surface area (Å²) in [7, 11) is 1.75. The fourth-order valence-electron chi connectivity index (χ4n) is 1.12. The van der Waals surface area contributed by atoms with Crippen molar-refractivity contribution in [3.05, 3.63) is 23.8 Å².